The van der Waals surface area contributed by atoms with Crippen LogP contribution in [-0.2, 0) is 26.0 Å². The van der Waals surface area contributed by atoms with Gasteiger partial charge in [-0.15, -0.1) is 0 Å². The number of amides is 2. The largest absolute Gasteiger partial charge is 0.326 e. The number of carbonyl (C=O) groups is 2. The number of rotatable bonds is 5. The van der Waals surface area contributed by atoms with E-state index in [4.69, 9.17) is 5.26 Å². The van der Waals surface area contributed by atoms with Gasteiger partial charge < -0.3 is 10.6 Å². The summed E-state index contributed by atoms with van der Waals surface area (Å²) in [5.41, 5.74) is 1.96. The van der Waals surface area contributed by atoms with E-state index in [2.05, 4.69) is 15.4 Å². The third kappa shape index (κ3) is 3.88. The maximum absolute atomic E-state index is 12.3. The molecule has 9 heteroatoms. The first-order valence-electron chi connectivity index (χ1n) is 7.60. The molecule has 132 valence electrons. The van der Waals surface area contributed by atoms with E-state index in [0.717, 1.165) is 0 Å². The number of hydrogen-bond donors (Lipinski definition) is 3. The lowest BCUT2D eigenvalue weighted by Gasteiger charge is -2.09. The lowest BCUT2D eigenvalue weighted by atomic mass is 10.2. The van der Waals surface area contributed by atoms with Gasteiger partial charge in [0.25, 0.3) is 0 Å². The van der Waals surface area contributed by atoms with Crippen molar-refractivity contribution in [1.29, 1.82) is 5.26 Å². The van der Waals surface area contributed by atoms with Crippen LogP contribution in [-0.4, -0.2) is 26.8 Å². The Morgan fingerprint density at radius 2 is 2.04 bits per heavy atom. The molecule has 2 amide bonds. The first kappa shape index (κ1) is 17.6. The van der Waals surface area contributed by atoms with Gasteiger partial charge in [-0.2, -0.15) is 5.26 Å². The van der Waals surface area contributed by atoms with Crippen LogP contribution in [0.3, 0.4) is 0 Å². The highest BCUT2D eigenvalue weighted by Crippen LogP contribution is 2.25. The molecular formula is C17H14N4O4S. The Morgan fingerprint density at radius 1 is 1.23 bits per heavy atom. The Morgan fingerprint density at radius 3 is 2.81 bits per heavy atom. The second-order valence-corrected chi connectivity index (χ2v) is 7.38. The molecule has 0 saturated carbocycles. The van der Waals surface area contributed by atoms with E-state index in [1.807, 2.05) is 6.07 Å². The van der Waals surface area contributed by atoms with Crippen molar-refractivity contribution < 1.29 is 18.0 Å². The monoisotopic (exact) mass is 370 g/mol. The number of benzene rings is 2. The van der Waals surface area contributed by atoms with Crippen LogP contribution in [0.15, 0.2) is 47.4 Å². The highest BCUT2D eigenvalue weighted by atomic mass is 32.2. The zero-order chi connectivity index (χ0) is 18.7. The minimum atomic E-state index is -3.90. The van der Waals surface area contributed by atoms with Crippen LogP contribution in [0.5, 0.6) is 0 Å². The second-order valence-electron chi connectivity index (χ2n) is 5.61. The molecule has 0 aromatic heterocycles. The molecule has 26 heavy (non-hydrogen) atoms. The summed E-state index contributed by atoms with van der Waals surface area (Å²) in [5.74, 6) is -0.761. The van der Waals surface area contributed by atoms with E-state index in [1.54, 1.807) is 18.2 Å². The highest BCUT2D eigenvalue weighted by Gasteiger charge is 2.22. The van der Waals surface area contributed by atoms with Crippen LogP contribution in [0.4, 0.5) is 11.4 Å². The molecule has 2 aromatic rings. The maximum Gasteiger partial charge on any atom is 0.241 e. The summed E-state index contributed by atoms with van der Waals surface area (Å²) < 4.78 is 26.9. The minimum absolute atomic E-state index is 0.0213. The van der Waals surface area contributed by atoms with Gasteiger partial charge in [0.05, 0.1) is 29.5 Å². The Balaban J connectivity index is 1.65. The molecule has 1 aliphatic rings. The zero-order valence-corrected chi connectivity index (χ0v) is 14.3. The van der Waals surface area contributed by atoms with Crippen molar-refractivity contribution in [2.75, 3.05) is 17.2 Å². The lowest BCUT2D eigenvalue weighted by molar-refractivity contribution is -0.115. The summed E-state index contributed by atoms with van der Waals surface area (Å²) in [5, 5.41) is 14.0. The molecule has 1 heterocycles. The fourth-order valence-corrected chi connectivity index (χ4v) is 3.52. The van der Waals surface area contributed by atoms with Crippen LogP contribution in [0.1, 0.15) is 11.1 Å². The zero-order valence-electron chi connectivity index (χ0n) is 13.4. The molecule has 0 saturated heterocycles. The molecule has 0 unspecified atom stereocenters. The van der Waals surface area contributed by atoms with Crippen LogP contribution in [0.2, 0.25) is 0 Å². The van der Waals surface area contributed by atoms with E-state index >= 15 is 0 Å². The number of hydrogen-bond acceptors (Lipinski definition) is 5. The van der Waals surface area contributed by atoms with E-state index in [9.17, 15) is 18.0 Å². The maximum atomic E-state index is 12.3. The number of sulfonamides is 1. The van der Waals surface area contributed by atoms with Crippen molar-refractivity contribution in [3.05, 3.63) is 53.6 Å². The Bertz CT molecular complexity index is 1040. The minimum Gasteiger partial charge on any atom is -0.326 e. The summed E-state index contributed by atoms with van der Waals surface area (Å²) in [6.45, 7) is -0.465. The predicted octanol–water partition coefficient (Wildman–Crippen LogP) is 0.970. The fraction of sp³-hybridized carbons (Fsp3) is 0.118. The molecule has 2 aromatic carbocycles. The summed E-state index contributed by atoms with van der Waals surface area (Å²) in [4.78, 5) is 23.3. The molecule has 8 nitrogen and oxygen atoms in total. The van der Waals surface area contributed by atoms with Gasteiger partial charge >= 0.3 is 0 Å². The van der Waals surface area contributed by atoms with E-state index < -0.39 is 22.5 Å². The molecule has 0 spiro atoms. The predicted molar refractivity (Wildman–Crippen MR) is 93.8 cm³/mol. The topological polar surface area (TPSA) is 128 Å². The standard InChI is InChI=1S/C17H14N4O4S/c18-9-11-2-1-3-13(6-11)20-17(23)10-19-26(24,25)14-4-5-15-12(7-14)8-16(22)21-15/h1-7,19H,8,10H2,(H,20,23)(H,21,22). The summed E-state index contributed by atoms with van der Waals surface area (Å²) in [6, 6.07) is 12.5. The molecule has 0 aliphatic carbocycles. The first-order valence-corrected chi connectivity index (χ1v) is 9.08. The van der Waals surface area contributed by atoms with Gasteiger partial charge in [-0.25, -0.2) is 13.1 Å². The molecule has 0 radical (unpaired) electrons. The van der Waals surface area contributed by atoms with Gasteiger partial charge in [-0.1, -0.05) is 6.07 Å². The summed E-state index contributed by atoms with van der Waals surface area (Å²) in [6.07, 6.45) is 0.119. The molecular weight excluding hydrogens is 356 g/mol. The molecule has 3 rings (SSSR count). The Hall–Kier alpha value is -3.22. The number of nitrogens with zero attached hydrogens (tertiary/aromatic N) is 1. The van der Waals surface area contributed by atoms with Gasteiger partial charge in [0, 0.05) is 11.4 Å². The van der Waals surface area contributed by atoms with Crippen LogP contribution in [0, 0.1) is 11.3 Å². The number of fused-ring (bicyclic) bond motifs is 1. The van der Waals surface area contributed by atoms with Crippen molar-refractivity contribution in [3.8, 4) is 6.07 Å². The molecule has 0 fully saturated rings. The quantitative estimate of drug-likeness (QED) is 0.722. The number of nitrogens with one attached hydrogen (secondary N) is 3. The van der Waals surface area contributed by atoms with Crippen molar-refractivity contribution in [2.45, 2.75) is 11.3 Å². The molecule has 3 N–H and O–H groups in total. The molecule has 1 aliphatic heterocycles. The Kier molecular flexibility index (Phi) is 4.71. The van der Waals surface area contributed by atoms with Gasteiger partial charge in [0.15, 0.2) is 0 Å². The van der Waals surface area contributed by atoms with Crippen LogP contribution >= 0.6 is 0 Å². The average molecular weight is 370 g/mol. The third-order valence-electron chi connectivity index (χ3n) is 3.71. The second kappa shape index (κ2) is 6.95. The summed E-state index contributed by atoms with van der Waals surface area (Å²) >= 11 is 0. The SMILES string of the molecule is N#Cc1cccc(NC(=O)CNS(=O)(=O)c2ccc3c(c2)CC(=O)N3)c1. The van der Waals surface area contributed by atoms with E-state index in [0.29, 0.717) is 22.5 Å². The third-order valence-corrected chi connectivity index (χ3v) is 5.11. The highest BCUT2D eigenvalue weighted by molar-refractivity contribution is 7.89. The molecule has 0 atom stereocenters. The van der Waals surface area contributed by atoms with Gasteiger partial charge in [0.1, 0.15) is 0 Å². The van der Waals surface area contributed by atoms with E-state index in [-0.39, 0.29) is 17.2 Å². The number of carbonyl (C=O) groups excluding carboxylic acids is 2. The van der Waals surface area contributed by atoms with Crippen LogP contribution in [0.25, 0.3) is 0 Å². The lowest BCUT2D eigenvalue weighted by Crippen LogP contribution is -2.33. The van der Waals surface area contributed by atoms with Crippen molar-refractivity contribution in [2.24, 2.45) is 0 Å². The van der Waals surface area contributed by atoms with Gasteiger partial charge in [-0.3, -0.25) is 9.59 Å². The van der Waals surface area contributed by atoms with Crippen LogP contribution < -0.4 is 15.4 Å². The van der Waals surface area contributed by atoms with Gasteiger partial charge in [0.2, 0.25) is 21.8 Å². The molecule has 0 bridgehead atoms. The number of nitriles is 1. The van der Waals surface area contributed by atoms with Gasteiger partial charge in [-0.05, 0) is 42.0 Å². The first-order chi connectivity index (χ1) is 12.4. The van der Waals surface area contributed by atoms with Crippen molar-refractivity contribution >= 4 is 33.2 Å². The van der Waals surface area contributed by atoms with E-state index in [1.165, 1.54) is 24.3 Å². The summed E-state index contributed by atoms with van der Waals surface area (Å²) in [7, 11) is -3.90. The smallest absolute Gasteiger partial charge is 0.241 e. The normalized spacial score (nSPS) is 12.8. The fourth-order valence-electron chi connectivity index (χ4n) is 2.49. The number of anilines is 2. The van der Waals surface area contributed by atoms with Crippen molar-refractivity contribution in [3.63, 3.8) is 0 Å². The Labute approximate surface area is 149 Å². The van der Waals surface area contributed by atoms with Crippen molar-refractivity contribution in [1.82, 2.24) is 4.72 Å². The average Bonchev–Trinajstić information content (AvgIpc) is 2.99.